The molecule has 0 unspecified atom stereocenters. The predicted octanol–water partition coefficient (Wildman–Crippen LogP) is -5.52. The molecule has 0 aromatic rings. The highest BCUT2D eigenvalue weighted by atomic mass is 16.7. The first-order valence-electron chi connectivity index (χ1n) is 10.3. The molecule has 14 heteroatoms. The number of hydrogen-bond donors (Lipinski definition) is 9. The monoisotopic (exact) mass is 472 g/mol. The Kier molecular flexibility index (Phi) is 8.44. The van der Waals surface area contributed by atoms with E-state index in [-0.39, 0.29) is 0 Å². The van der Waals surface area contributed by atoms with Gasteiger partial charge in [-0.25, -0.2) is 0 Å². The van der Waals surface area contributed by atoms with Gasteiger partial charge in [-0.05, 0) is 13.8 Å². The van der Waals surface area contributed by atoms with Gasteiger partial charge in [-0.1, -0.05) is 0 Å². The quantitative estimate of drug-likeness (QED) is 0.182. The van der Waals surface area contributed by atoms with Crippen LogP contribution in [0.1, 0.15) is 13.8 Å². The van der Waals surface area contributed by atoms with Crippen LogP contribution in [0.5, 0.6) is 0 Å². The van der Waals surface area contributed by atoms with E-state index in [1.165, 1.54) is 13.8 Å². The first-order chi connectivity index (χ1) is 15.0. The van der Waals surface area contributed by atoms with Crippen LogP contribution < -0.4 is 0 Å². The molecule has 0 radical (unpaired) electrons. The van der Waals surface area contributed by atoms with Crippen molar-refractivity contribution in [1.29, 1.82) is 0 Å². The van der Waals surface area contributed by atoms with E-state index < -0.39 is 98.7 Å². The number of aliphatic hydroxyl groups is 9. The van der Waals surface area contributed by atoms with Crippen LogP contribution >= 0.6 is 0 Å². The number of hydrogen-bond acceptors (Lipinski definition) is 14. The summed E-state index contributed by atoms with van der Waals surface area (Å²) in [6.07, 6.45) is -22.1. The first kappa shape index (κ1) is 26.1. The van der Waals surface area contributed by atoms with Crippen molar-refractivity contribution in [3.05, 3.63) is 0 Å². The molecule has 15 atom stereocenters. The Morgan fingerprint density at radius 2 is 1.12 bits per heavy atom. The van der Waals surface area contributed by atoms with Crippen LogP contribution in [0.15, 0.2) is 0 Å². The Labute approximate surface area is 183 Å². The topological polar surface area (TPSA) is 228 Å². The largest absolute Gasteiger partial charge is 0.394 e. The van der Waals surface area contributed by atoms with Crippen LogP contribution in [-0.2, 0) is 23.7 Å². The second-order valence-corrected chi connectivity index (χ2v) is 8.30. The lowest BCUT2D eigenvalue weighted by Crippen LogP contribution is -2.65. The van der Waals surface area contributed by atoms with Crippen molar-refractivity contribution in [2.45, 2.75) is 106 Å². The summed E-state index contributed by atoms with van der Waals surface area (Å²) in [7, 11) is 0. The van der Waals surface area contributed by atoms with Crippen LogP contribution in [0.3, 0.4) is 0 Å². The van der Waals surface area contributed by atoms with Gasteiger partial charge in [-0.15, -0.1) is 0 Å². The van der Waals surface area contributed by atoms with Crippen molar-refractivity contribution >= 4 is 0 Å². The Bertz CT molecular complexity index is 594. The fourth-order valence-corrected chi connectivity index (χ4v) is 3.97. The third-order valence-electron chi connectivity index (χ3n) is 6.01. The maximum absolute atomic E-state index is 10.6. The Hall–Kier alpha value is -0.560. The summed E-state index contributed by atoms with van der Waals surface area (Å²) in [6, 6.07) is 0. The highest BCUT2D eigenvalue weighted by Crippen LogP contribution is 2.31. The zero-order valence-corrected chi connectivity index (χ0v) is 17.4. The lowest BCUT2D eigenvalue weighted by molar-refractivity contribution is -0.373. The van der Waals surface area contributed by atoms with E-state index in [2.05, 4.69) is 0 Å². The highest BCUT2D eigenvalue weighted by molar-refractivity contribution is 4.95. The molecule has 0 saturated carbocycles. The average molecular weight is 472 g/mol. The van der Waals surface area contributed by atoms with Crippen molar-refractivity contribution in [1.82, 2.24) is 0 Å². The maximum atomic E-state index is 10.6. The van der Waals surface area contributed by atoms with Crippen molar-refractivity contribution in [2.75, 3.05) is 6.61 Å². The summed E-state index contributed by atoms with van der Waals surface area (Å²) < 4.78 is 26.7. The molecule has 0 spiro atoms. The van der Waals surface area contributed by atoms with Crippen LogP contribution in [0, 0.1) is 0 Å². The number of aliphatic hydroxyl groups excluding tert-OH is 9. The van der Waals surface area contributed by atoms with E-state index >= 15 is 0 Å². The van der Waals surface area contributed by atoms with Gasteiger partial charge in [0.2, 0.25) is 0 Å². The fourth-order valence-electron chi connectivity index (χ4n) is 3.97. The van der Waals surface area contributed by atoms with Crippen molar-refractivity contribution < 1.29 is 69.6 Å². The van der Waals surface area contributed by atoms with Crippen LogP contribution in [0.4, 0.5) is 0 Å². The van der Waals surface area contributed by atoms with E-state index in [9.17, 15) is 46.0 Å². The van der Waals surface area contributed by atoms with E-state index in [1.807, 2.05) is 0 Å². The summed E-state index contributed by atoms with van der Waals surface area (Å²) in [5.41, 5.74) is 0. The van der Waals surface area contributed by atoms with E-state index in [0.29, 0.717) is 0 Å². The Balaban J connectivity index is 1.67. The van der Waals surface area contributed by atoms with Gasteiger partial charge in [-0.2, -0.15) is 0 Å². The molecule has 32 heavy (non-hydrogen) atoms. The zero-order chi connectivity index (χ0) is 23.9. The molecule has 0 aliphatic carbocycles. The highest BCUT2D eigenvalue weighted by Gasteiger charge is 2.52. The predicted molar refractivity (Wildman–Crippen MR) is 98.4 cm³/mol. The van der Waals surface area contributed by atoms with E-state index in [4.69, 9.17) is 23.7 Å². The van der Waals surface area contributed by atoms with Gasteiger partial charge in [0.05, 0.1) is 18.8 Å². The van der Waals surface area contributed by atoms with E-state index in [1.54, 1.807) is 0 Å². The number of ether oxygens (including phenoxy) is 5. The lowest BCUT2D eigenvalue weighted by atomic mass is 9.96. The van der Waals surface area contributed by atoms with E-state index in [0.717, 1.165) is 0 Å². The molecule has 3 aliphatic heterocycles. The Morgan fingerprint density at radius 1 is 0.562 bits per heavy atom. The van der Waals surface area contributed by atoms with Crippen molar-refractivity contribution in [2.24, 2.45) is 0 Å². The minimum atomic E-state index is -1.75. The fraction of sp³-hybridized carbons (Fsp3) is 1.00. The second kappa shape index (κ2) is 10.4. The third kappa shape index (κ3) is 4.94. The minimum absolute atomic E-state index is 0.678. The summed E-state index contributed by atoms with van der Waals surface area (Å²) >= 11 is 0. The van der Waals surface area contributed by atoms with Crippen LogP contribution in [-0.4, -0.2) is 145 Å². The molecule has 0 amide bonds. The van der Waals surface area contributed by atoms with Gasteiger partial charge >= 0.3 is 0 Å². The molecule has 3 aliphatic rings. The summed E-state index contributed by atoms with van der Waals surface area (Å²) in [4.78, 5) is 0. The first-order valence-corrected chi connectivity index (χ1v) is 10.3. The van der Waals surface area contributed by atoms with Crippen LogP contribution in [0.25, 0.3) is 0 Å². The molecule has 0 bridgehead atoms. The molecule has 3 rings (SSSR count). The van der Waals surface area contributed by atoms with Gasteiger partial charge < -0.3 is 69.6 Å². The minimum Gasteiger partial charge on any atom is -0.394 e. The van der Waals surface area contributed by atoms with Crippen LogP contribution in [0.2, 0.25) is 0 Å². The molecule has 14 nitrogen and oxygen atoms in total. The molecular formula is C18H32O14. The molecule has 0 aromatic heterocycles. The molecule has 3 saturated heterocycles. The average Bonchev–Trinajstić information content (AvgIpc) is 2.75. The molecule has 3 heterocycles. The lowest BCUT2D eigenvalue weighted by Gasteiger charge is -2.47. The summed E-state index contributed by atoms with van der Waals surface area (Å²) in [5, 5.41) is 90.2. The van der Waals surface area contributed by atoms with Gasteiger partial charge in [0, 0.05) is 0 Å². The van der Waals surface area contributed by atoms with Gasteiger partial charge in [0.1, 0.15) is 61.0 Å². The van der Waals surface area contributed by atoms with Crippen molar-refractivity contribution in [3.8, 4) is 0 Å². The third-order valence-corrected chi connectivity index (χ3v) is 6.01. The van der Waals surface area contributed by atoms with Gasteiger partial charge in [0.15, 0.2) is 18.9 Å². The molecule has 0 aromatic carbocycles. The van der Waals surface area contributed by atoms with Gasteiger partial charge in [0.25, 0.3) is 0 Å². The zero-order valence-electron chi connectivity index (χ0n) is 17.4. The maximum Gasteiger partial charge on any atom is 0.187 e. The summed E-state index contributed by atoms with van der Waals surface area (Å²) in [5.74, 6) is 0. The molecule has 3 fully saturated rings. The molecule has 188 valence electrons. The molecule has 9 N–H and O–H groups in total. The normalized spacial score (nSPS) is 55.0. The SMILES string of the molecule is C[C@@H]1O[C@@H](O[C@H]2[C@@H](O)[C@@H](C)O[C@H](O)[C@@H]2O)[C@H](O)[C@H](O)[C@H]1O[C@@H]1O[C@H](CO)[C@@H](O)[C@H](O)[C@@H]1O. The van der Waals surface area contributed by atoms with Crippen molar-refractivity contribution in [3.63, 3.8) is 0 Å². The van der Waals surface area contributed by atoms with Gasteiger partial charge in [-0.3, -0.25) is 0 Å². The molecular weight excluding hydrogens is 440 g/mol. The number of rotatable bonds is 5. The second-order valence-electron chi connectivity index (χ2n) is 8.30. The summed E-state index contributed by atoms with van der Waals surface area (Å²) in [6.45, 7) is 2.20. The standard InChI is InChI=1S/C18H32O14/c1-4-7(20)15(13(26)16(27)28-4)32-17-12(25)10(23)14(5(2)29-17)31-18-11(24)9(22)8(21)6(3-19)30-18/h4-27H,3H2,1-2H3/t4-,5+,6-,7+,8-,9+,10+,11+,12-,13-,14+,15+,16+,17+,18+/m1/s1. The Morgan fingerprint density at radius 3 is 1.75 bits per heavy atom. The smallest absolute Gasteiger partial charge is 0.187 e.